The number of hydrogen-bond donors (Lipinski definition) is 1. The molecule has 1 aliphatic rings. The molecule has 1 fully saturated rings. The molecule has 0 aromatic heterocycles. The number of alkyl halides is 3. The first-order valence-corrected chi connectivity index (χ1v) is 7.64. The van der Waals surface area contributed by atoms with Crippen LogP contribution >= 0.6 is 0 Å². The Morgan fingerprint density at radius 1 is 1.25 bits per heavy atom. The fourth-order valence-electron chi connectivity index (χ4n) is 2.62. The maximum Gasteiger partial charge on any atom is 0.416 e. The summed E-state index contributed by atoms with van der Waals surface area (Å²) in [5, 5.41) is 0. The number of carbonyl (C=O) groups is 2. The van der Waals surface area contributed by atoms with E-state index in [1.165, 1.54) is 17.0 Å². The fraction of sp³-hybridized carbons (Fsp3) is 0.500. The normalized spacial score (nSPS) is 18.3. The predicted molar refractivity (Wildman–Crippen MR) is 80.0 cm³/mol. The standard InChI is InChI=1S/C16H19F3N2O3/c17-16(18,19)13-5-3-11(4-6-13)7-9-24-14(22)12-2-1-8-21(10-12)15(20)23/h3-6,12H,1-2,7-10H2,(H2,20,23). The summed E-state index contributed by atoms with van der Waals surface area (Å²) in [7, 11) is 0. The van der Waals surface area contributed by atoms with E-state index in [9.17, 15) is 22.8 Å². The smallest absolute Gasteiger partial charge is 0.416 e. The molecule has 1 aliphatic heterocycles. The van der Waals surface area contributed by atoms with Gasteiger partial charge in [-0.05, 0) is 30.5 Å². The largest absolute Gasteiger partial charge is 0.465 e. The quantitative estimate of drug-likeness (QED) is 0.853. The Balaban J connectivity index is 1.79. The molecule has 1 aromatic carbocycles. The third-order valence-electron chi connectivity index (χ3n) is 3.98. The Morgan fingerprint density at radius 3 is 2.50 bits per heavy atom. The van der Waals surface area contributed by atoms with Crippen LogP contribution in [0.1, 0.15) is 24.0 Å². The van der Waals surface area contributed by atoms with Crippen LogP contribution in [0.2, 0.25) is 0 Å². The van der Waals surface area contributed by atoms with Crippen LogP contribution in [-0.2, 0) is 22.1 Å². The molecule has 0 spiro atoms. The van der Waals surface area contributed by atoms with Gasteiger partial charge in [-0.3, -0.25) is 4.79 Å². The lowest BCUT2D eigenvalue weighted by molar-refractivity contribution is -0.149. The van der Waals surface area contributed by atoms with Crippen molar-refractivity contribution >= 4 is 12.0 Å². The summed E-state index contributed by atoms with van der Waals surface area (Å²) in [6.45, 7) is 0.858. The number of nitrogens with zero attached hydrogens (tertiary/aromatic N) is 1. The average molecular weight is 344 g/mol. The number of nitrogens with two attached hydrogens (primary N) is 1. The second-order valence-electron chi connectivity index (χ2n) is 5.74. The highest BCUT2D eigenvalue weighted by molar-refractivity contribution is 5.76. The van der Waals surface area contributed by atoms with Gasteiger partial charge in [0.25, 0.3) is 0 Å². The van der Waals surface area contributed by atoms with E-state index in [4.69, 9.17) is 10.5 Å². The summed E-state index contributed by atoms with van der Waals surface area (Å²) in [4.78, 5) is 24.5. The number of carbonyl (C=O) groups excluding carboxylic acids is 2. The maximum absolute atomic E-state index is 12.5. The average Bonchev–Trinajstić information content (AvgIpc) is 2.54. The molecule has 0 radical (unpaired) electrons. The third-order valence-corrected chi connectivity index (χ3v) is 3.98. The first kappa shape index (κ1) is 18.1. The number of rotatable bonds is 4. The highest BCUT2D eigenvalue weighted by Crippen LogP contribution is 2.29. The van der Waals surface area contributed by atoms with Gasteiger partial charge in [0.1, 0.15) is 0 Å². The molecule has 2 N–H and O–H groups in total. The minimum absolute atomic E-state index is 0.0806. The molecule has 1 saturated heterocycles. The van der Waals surface area contributed by atoms with Crippen molar-refractivity contribution < 1.29 is 27.5 Å². The van der Waals surface area contributed by atoms with Crippen molar-refractivity contribution in [2.24, 2.45) is 11.7 Å². The molecule has 8 heteroatoms. The Kier molecular flexibility index (Phi) is 5.69. The van der Waals surface area contributed by atoms with E-state index in [1.807, 2.05) is 0 Å². The predicted octanol–water partition coefficient (Wildman–Crippen LogP) is 2.58. The van der Waals surface area contributed by atoms with E-state index in [0.717, 1.165) is 12.1 Å². The van der Waals surface area contributed by atoms with Gasteiger partial charge in [0.2, 0.25) is 0 Å². The van der Waals surface area contributed by atoms with Crippen molar-refractivity contribution in [1.29, 1.82) is 0 Å². The van der Waals surface area contributed by atoms with Crippen LogP contribution in [0, 0.1) is 5.92 Å². The van der Waals surface area contributed by atoms with Crippen LogP contribution in [0.4, 0.5) is 18.0 Å². The second kappa shape index (κ2) is 7.55. The number of amides is 2. The molecule has 0 aliphatic carbocycles. The lowest BCUT2D eigenvalue weighted by Crippen LogP contribution is -2.45. The zero-order valence-electron chi connectivity index (χ0n) is 13.0. The molecule has 1 aromatic rings. The van der Waals surface area contributed by atoms with Crippen molar-refractivity contribution in [1.82, 2.24) is 4.90 Å². The van der Waals surface area contributed by atoms with Crippen LogP contribution in [0.3, 0.4) is 0 Å². The third kappa shape index (κ3) is 4.87. The molecule has 24 heavy (non-hydrogen) atoms. The summed E-state index contributed by atoms with van der Waals surface area (Å²) in [6.07, 6.45) is -2.72. The molecule has 2 amide bonds. The lowest BCUT2D eigenvalue weighted by Gasteiger charge is -2.30. The van der Waals surface area contributed by atoms with Crippen molar-refractivity contribution in [3.05, 3.63) is 35.4 Å². The minimum atomic E-state index is -4.36. The molecular formula is C16H19F3N2O3. The lowest BCUT2D eigenvalue weighted by atomic mass is 9.98. The Labute approximate surface area is 137 Å². The summed E-state index contributed by atoms with van der Waals surface area (Å²) in [5.74, 6) is -0.813. The van der Waals surface area contributed by atoms with E-state index in [0.29, 0.717) is 31.4 Å². The molecular weight excluding hydrogens is 325 g/mol. The highest BCUT2D eigenvalue weighted by atomic mass is 19.4. The number of urea groups is 1. The molecule has 0 bridgehead atoms. The zero-order valence-corrected chi connectivity index (χ0v) is 13.0. The number of esters is 1. The number of halogens is 3. The number of likely N-dealkylation sites (tertiary alicyclic amines) is 1. The van der Waals surface area contributed by atoms with Crippen LogP contribution in [0.25, 0.3) is 0 Å². The Bertz CT molecular complexity index is 587. The molecule has 5 nitrogen and oxygen atoms in total. The molecule has 132 valence electrons. The van der Waals surface area contributed by atoms with Crippen molar-refractivity contribution in [2.45, 2.75) is 25.4 Å². The SMILES string of the molecule is NC(=O)N1CCCC(C(=O)OCCc2ccc(C(F)(F)F)cc2)C1. The van der Waals surface area contributed by atoms with Gasteiger partial charge in [-0.1, -0.05) is 12.1 Å². The summed E-state index contributed by atoms with van der Waals surface area (Å²) < 4.78 is 42.6. The summed E-state index contributed by atoms with van der Waals surface area (Å²) in [5.41, 5.74) is 5.14. The Hall–Kier alpha value is -2.25. The first-order valence-electron chi connectivity index (χ1n) is 7.64. The topological polar surface area (TPSA) is 72.6 Å². The molecule has 1 unspecified atom stereocenters. The van der Waals surface area contributed by atoms with Crippen LogP contribution in [0.5, 0.6) is 0 Å². The highest BCUT2D eigenvalue weighted by Gasteiger charge is 2.30. The number of benzene rings is 1. The minimum Gasteiger partial charge on any atom is -0.465 e. The Morgan fingerprint density at radius 2 is 1.92 bits per heavy atom. The van der Waals surface area contributed by atoms with Gasteiger partial charge in [-0.15, -0.1) is 0 Å². The summed E-state index contributed by atoms with van der Waals surface area (Å²) in [6, 6.07) is 4.18. The van der Waals surface area contributed by atoms with Gasteiger partial charge in [0, 0.05) is 19.5 Å². The zero-order chi connectivity index (χ0) is 17.7. The van der Waals surface area contributed by atoms with Gasteiger partial charge in [0.05, 0.1) is 18.1 Å². The van der Waals surface area contributed by atoms with E-state index < -0.39 is 29.7 Å². The number of ether oxygens (including phenoxy) is 1. The first-order chi connectivity index (χ1) is 11.3. The van der Waals surface area contributed by atoms with Crippen molar-refractivity contribution in [3.8, 4) is 0 Å². The van der Waals surface area contributed by atoms with Gasteiger partial charge in [-0.2, -0.15) is 13.2 Å². The van der Waals surface area contributed by atoms with Crippen LogP contribution in [0.15, 0.2) is 24.3 Å². The van der Waals surface area contributed by atoms with Gasteiger partial charge in [0.15, 0.2) is 0 Å². The maximum atomic E-state index is 12.5. The summed E-state index contributed by atoms with van der Waals surface area (Å²) >= 11 is 0. The van der Waals surface area contributed by atoms with E-state index >= 15 is 0 Å². The van der Waals surface area contributed by atoms with Gasteiger partial charge >= 0.3 is 18.2 Å². The molecule has 1 heterocycles. The molecule has 0 saturated carbocycles. The van der Waals surface area contributed by atoms with Gasteiger partial charge in [-0.25, -0.2) is 4.79 Å². The number of primary amides is 1. The van der Waals surface area contributed by atoms with Crippen LogP contribution < -0.4 is 5.73 Å². The van der Waals surface area contributed by atoms with Crippen LogP contribution in [-0.4, -0.2) is 36.6 Å². The monoisotopic (exact) mass is 344 g/mol. The van der Waals surface area contributed by atoms with E-state index in [2.05, 4.69) is 0 Å². The molecule has 1 atom stereocenters. The van der Waals surface area contributed by atoms with E-state index in [-0.39, 0.29) is 13.2 Å². The van der Waals surface area contributed by atoms with Gasteiger partial charge < -0.3 is 15.4 Å². The number of piperidine rings is 1. The fourth-order valence-corrected chi connectivity index (χ4v) is 2.62. The second-order valence-corrected chi connectivity index (χ2v) is 5.74. The van der Waals surface area contributed by atoms with Crippen molar-refractivity contribution in [3.63, 3.8) is 0 Å². The number of hydrogen-bond acceptors (Lipinski definition) is 3. The van der Waals surface area contributed by atoms with Crippen molar-refractivity contribution in [2.75, 3.05) is 19.7 Å². The van der Waals surface area contributed by atoms with E-state index in [1.54, 1.807) is 0 Å². The molecule has 2 rings (SSSR count).